The zero-order valence-electron chi connectivity index (χ0n) is 12.4. The van der Waals surface area contributed by atoms with Gasteiger partial charge in [-0.3, -0.25) is 9.69 Å². The lowest BCUT2D eigenvalue weighted by atomic mass is 10.1. The summed E-state index contributed by atoms with van der Waals surface area (Å²) in [6.07, 6.45) is 7.41. The zero-order valence-corrected chi connectivity index (χ0v) is 12.4. The van der Waals surface area contributed by atoms with E-state index in [-0.39, 0.29) is 5.56 Å². The van der Waals surface area contributed by atoms with Gasteiger partial charge in [0.2, 0.25) is 0 Å². The van der Waals surface area contributed by atoms with Crippen LogP contribution in [0.1, 0.15) is 16.8 Å². The van der Waals surface area contributed by atoms with Gasteiger partial charge < -0.3 is 9.40 Å². The number of H-pyrrole nitrogens is 1. The Morgan fingerprint density at radius 1 is 1.30 bits per heavy atom. The summed E-state index contributed by atoms with van der Waals surface area (Å²) in [5.41, 5.74) is 2.51. The predicted octanol–water partition coefficient (Wildman–Crippen LogP) is 1.38. The van der Waals surface area contributed by atoms with Gasteiger partial charge in [0.25, 0.3) is 5.56 Å². The number of aromatic nitrogens is 4. The first-order chi connectivity index (χ1) is 11.3. The van der Waals surface area contributed by atoms with Crippen molar-refractivity contribution in [3.8, 4) is 11.6 Å². The number of furan rings is 1. The molecule has 7 heteroatoms. The second-order valence-electron chi connectivity index (χ2n) is 5.52. The molecule has 0 aliphatic carbocycles. The molecule has 7 nitrogen and oxygen atoms in total. The largest absolute Gasteiger partial charge is 0.461 e. The highest BCUT2D eigenvalue weighted by Crippen LogP contribution is 2.19. The monoisotopic (exact) mass is 309 g/mol. The van der Waals surface area contributed by atoms with Gasteiger partial charge in [0.15, 0.2) is 11.6 Å². The first-order valence-corrected chi connectivity index (χ1v) is 7.42. The van der Waals surface area contributed by atoms with Crippen molar-refractivity contribution < 1.29 is 4.42 Å². The Bertz CT molecular complexity index is 858. The molecule has 0 spiro atoms. The normalized spacial score (nSPS) is 14.6. The van der Waals surface area contributed by atoms with Gasteiger partial charge in [-0.15, -0.1) is 0 Å². The van der Waals surface area contributed by atoms with Gasteiger partial charge in [-0.05, 0) is 12.1 Å². The van der Waals surface area contributed by atoms with Crippen molar-refractivity contribution in [1.82, 2.24) is 24.8 Å². The molecule has 0 saturated heterocycles. The smallest absolute Gasteiger partial charge is 0.256 e. The first-order valence-electron chi connectivity index (χ1n) is 7.42. The van der Waals surface area contributed by atoms with Gasteiger partial charge in [-0.1, -0.05) is 0 Å². The van der Waals surface area contributed by atoms with Gasteiger partial charge in [0.05, 0.1) is 17.5 Å². The third kappa shape index (κ3) is 2.78. The Kier molecular flexibility index (Phi) is 3.47. The van der Waals surface area contributed by atoms with E-state index in [9.17, 15) is 4.79 Å². The first kappa shape index (κ1) is 13.8. The van der Waals surface area contributed by atoms with Crippen LogP contribution in [0.4, 0.5) is 0 Å². The minimum atomic E-state index is -0.101. The van der Waals surface area contributed by atoms with Crippen molar-refractivity contribution in [2.75, 3.05) is 6.54 Å². The quantitative estimate of drug-likeness (QED) is 0.786. The van der Waals surface area contributed by atoms with Crippen molar-refractivity contribution in [2.45, 2.75) is 19.5 Å². The molecule has 1 aliphatic heterocycles. The Morgan fingerprint density at radius 2 is 2.17 bits per heavy atom. The highest BCUT2D eigenvalue weighted by atomic mass is 16.3. The average Bonchev–Trinajstić information content (AvgIpc) is 3.11. The van der Waals surface area contributed by atoms with Crippen LogP contribution >= 0.6 is 0 Å². The lowest BCUT2D eigenvalue weighted by Gasteiger charge is -2.27. The van der Waals surface area contributed by atoms with Crippen LogP contribution < -0.4 is 5.56 Å². The topological polar surface area (TPSA) is 87.9 Å². The van der Waals surface area contributed by atoms with E-state index < -0.39 is 0 Å². The molecule has 0 bridgehead atoms. The van der Waals surface area contributed by atoms with E-state index in [2.05, 4.69) is 24.8 Å². The summed E-state index contributed by atoms with van der Waals surface area (Å²) in [6.45, 7) is 2.14. The van der Waals surface area contributed by atoms with E-state index in [0.717, 1.165) is 36.3 Å². The second-order valence-corrected chi connectivity index (χ2v) is 5.52. The summed E-state index contributed by atoms with van der Waals surface area (Å²) in [5, 5.41) is 0. The molecule has 0 fully saturated rings. The molecule has 0 amide bonds. The minimum absolute atomic E-state index is 0.101. The van der Waals surface area contributed by atoms with Crippen LogP contribution in [-0.2, 0) is 19.5 Å². The van der Waals surface area contributed by atoms with E-state index >= 15 is 0 Å². The molecule has 3 aromatic rings. The molecule has 1 N–H and O–H groups in total. The van der Waals surface area contributed by atoms with Crippen LogP contribution in [0.25, 0.3) is 11.6 Å². The number of nitrogens with zero attached hydrogens (tertiary/aromatic N) is 4. The lowest BCUT2D eigenvalue weighted by Crippen LogP contribution is -2.35. The minimum Gasteiger partial charge on any atom is -0.461 e. The molecule has 23 heavy (non-hydrogen) atoms. The highest BCUT2D eigenvalue weighted by Gasteiger charge is 2.22. The van der Waals surface area contributed by atoms with Gasteiger partial charge >= 0.3 is 0 Å². The Morgan fingerprint density at radius 3 is 2.96 bits per heavy atom. The number of nitrogens with one attached hydrogen (secondary N) is 1. The summed E-state index contributed by atoms with van der Waals surface area (Å²) in [5.74, 6) is 1.07. The van der Waals surface area contributed by atoms with Crippen molar-refractivity contribution in [1.29, 1.82) is 0 Å². The van der Waals surface area contributed by atoms with Gasteiger partial charge in [-0.2, -0.15) is 0 Å². The molecule has 0 atom stereocenters. The standard InChI is InChI=1S/C16H15N5O2/c22-16-12-9-21(8-11-6-17-10-18-7-11)4-3-13(12)19-15(20-16)14-2-1-5-23-14/h1-2,5-7,10H,3-4,8-9H2,(H,19,20,22). The van der Waals surface area contributed by atoms with Crippen LogP contribution in [0.2, 0.25) is 0 Å². The summed E-state index contributed by atoms with van der Waals surface area (Å²) >= 11 is 0. The van der Waals surface area contributed by atoms with Crippen LogP contribution in [0.15, 0.2) is 46.3 Å². The number of hydrogen-bond acceptors (Lipinski definition) is 6. The summed E-state index contributed by atoms with van der Waals surface area (Å²) in [4.78, 5) is 30.0. The molecule has 116 valence electrons. The summed E-state index contributed by atoms with van der Waals surface area (Å²) < 4.78 is 5.31. The van der Waals surface area contributed by atoms with Crippen LogP contribution in [-0.4, -0.2) is 31.4 Å². The van der Waals surface area contributed by atoms with Crippen molar-refractivity contribution >= 4 is 0 Å². The molecule has 4 rings (SSSR count). The molecule has 1 aliphatic rings. The van der Waals surface area contributed by atoms with E-state index in [0.29, 0.717) is 18.1 Å². The predicted molar refractivity (Wildman–Crippen MR) is 82.4 cm³/mol. The van der Waals surface area contributed by atoms with E-state index in [1.807, 2.05) is 0 Å². The molecular weight excluding hydrogens is 294 g/mol. The lowest BCUT2D eigenvalue weighted by molar-refractivity contribution is 0.241. The Hall–Kier alpha value is -2.80. The van der Waals surface area contributed by atoms with Gasteiger partial charge in [-0.25, -0.2) is 15.0 Å². The molecule has 3 aromatic heterocycles. The Balaban J connectivity index is 1.59. The molecule has 0 aromatic carbocycles. The summed E-state index contributed by atoms with van der Waals surface area (Å²) in [6, 6.07) is 3.56. The fourth-order valence-electron chi connectivity index (χ4n) is 2.82. The van der Waals surface area contributed by atoms with Crippen molar-refractivity contribution in [2.24, 2.45) is 0 Å². The van der Waals surface area contributed by atoms with E-state index in [1.165, 1.54) is 6.33 Å². The average molecular weight is 309 g/mol. The highest BCUT2D eigenvalue weighted by molar-refractivity contribution is 5.46. The third-order valence-corrected chi connectivity index (χ3v) is 3.92. The van der Waals surface area contributed by atoms with Crippen LogP contribution in [0, 0.1) is 0 Å². The molecular formula is C16H15N5O2. The third-order valence-electron chi connectivity index (χ3n) is 3.92. The maximum atomic E-state index is 12.4. The molecule has 0 radical (unpaired) electrons. The van der Waals surface area contributed by atoms with E-state index in [1.54, 1.807) is 30.8 Å². The van der Waals surface area contributed by atoms with Crippen molar-refractivity contribution in [3.63, 3.8) is 0 Å². The fourth-order valence-corrected chi connectivity index (χ4v) is 2.82. The number of hydrogen-bond donors (Lipinski definition) is 1. The Labute approximate surface area is 132 Å². The molecule has 0 saturated carbocycles. The fraction of sp³-hybridized carbons (Fsp3) is 0.250. The zero-order chi connectivity index (χ0) is 15.6. The van der Waals surface area contributed by atoms with Gasteiger partial charge in [0, 0.05) is 44.0 Å². The maximum Gasteiger partial charge on any atom is 0.256 e. The van der Waals surface area contributed by atoms with Crippen LogP contribution in [0.5, 0.6) is 0 Å². The molecule has 0 unspecified atom stereocenters. The van der Waals surface area contributed by atoms with Crippen molar-refractivity contribution in [3.05, 3.63) is 64.3 Å². The van der Waals surface area contributed by atoms with Gasteiger partial charge in [0.1, 0.15) is 6.33 Å². The number of aromatic amines is 1. The SMILES string of the molecule is O=c1[nH]c(-c2ccco2)nc2c1CN(Cc1cncnc1)CC2. The summed E-state index contributed by atoms with van der Waals surface area (Å²) in [7, 11) is 0. The molecule has 4 heterocycles. The maximum absolute atomic E-state index is 12.4. The number of fused-ring (bicyclic) bond motifs is 1. The van der Waals surface area contributed by atoms with Crippen LogP contribution in [0.3, 0.4) is 0 Å². The second kappa shape index (κ2) is 5.77. The number of rotatable bonds is 3. The van der Waals surface area contributed by atoms with E-state index in [4.69, 9.17) is 4.42 Å².